The number of nitrogens with zero attached hydrogens (tertiary/aromatic N) is 1. The molecule has 0 heterocycles. The first-order valence-corrected chi connectivity index (χ1v) is 6.17. The van der Waals surface area contributed by atoms with Crippen molar-refractivity contribution in [1.29, 1.82) is 0 Å². The number of esters is 1. The van der Waals surface area contributed by atoms with E-state index >= 15 is 0 Å². The Balaban J connectivity index is 2.67. The molecule has 0 radical (unpaired) electrons. The molecule has 0 fully saturated rings. The molecule has 0 aliphatic heterocycles. The number of carbonyl (C=O) groups excluding carboxylic acids is 2. The van der Waals surface area contributed by atoms with Crippen molar-refractivity contribution in [1.82, 2.24) is 4.90 Å². The molecular formula is C14H19NO4. The molecule has 0 bridgehead atoms. The summed E-state index contributed by atoms with van der Waals surface area (Å²) in [5, 5.41) is 9.57. The maximum atomic E-state index is 12.2. The van der Waals surface area contributed by atoms with Crippen molar-refractivity contribution in [2.24, 2.45) is 0 Å². The van der Waals surface area contributed by atoms with Crippen molar-refractivity contribution in [2.75, 3.05) is 20.2 Å². The van der Waals surface area contributed by atoms with E-state index in [4.69, 9.17) is 4.74 Å². The van der Waals surface area contributed by atoms with E-state index in [-0.39, 0.29) is 30.6 Å². The Morgan fingerprint density at radius 1 is 1.37 bits per heavy atom. The second-order valence-corrected chi connectivity index (χ2v) is 4.23. The van der Waals surface area contributed by atoms with Crippen LogP contribution in [0.2, 0.25) is 0 Å². The zero-order valence-corrected chi connectivity index (χ0v) is 11.5. The number of hydrogen-bond acceptors (Lipinski definition) is 4. The predicted molar refractivity (Wildman–Crippen MR) is 71.1 cm³/mol. The summed E-state index contributed by atoms with van der Waals surface area (Å²) in [6.07, 6.45) is 0.161. The maximum Gasteiger partial charge on any atom is 0.307 e. The van der Waals surface area contributed by atoms with E-state index in [1.165, 1.54) is 11.0 Å². The van der Waals surface area contributed by atoms with Crippen molar-refractivity contribution < 1.29 is 19.4 Å². The van der Waals surface area contributed by atoms with Crippen molar-refractivity contribution >= 4 is 11.9 Å². The molecule has 0 spiro atoms. The topological polar surface area (TPSA) is 66.8 Å². The van der Waals surface area contributed by atoms with Crippen LogP contribution in [-0.2, 0) is 9.53 Å². The summed E-state index contributed by atoms with van der Waals surface area (Å²) in [7, 11) is 1.62. The lowest BCUT2D eigenvalue weighted by molar-refractivity contribution is -0.143. The van der Waals surface area contributed by atoms with Gasteiger partial charge in [0.25, 0.3) is 5.91 Å². The van der Waals surface area contributed by atoms with Crippen LogP contribution < -0.4 is 0 Å². The van der Waals surface area contributed by atoms with Crippen LogP contribution in [0.15, 0.2) is 18.2 Å². The largest absolute Gasteiger partial charge is 0.508 e. The average Bonchev–Trinajstić information content (AvgIpc) is 2.38. The molecule has 0 unspecified atom stereocenters. The quantitative estimate of drug-likeness (QED) is 0.823. The molecule has 104 valence electrons. The van der Waals surface area contributed by atoms with E-state index in [1.54, 1.807) is 33.0 Å². The van der Waals surface area contributed by atoms with Gasteiger partial charge < -0.3 is 14.7 Å². The van der Waals surface area contributed by atoms with Gasteiger partial charge in [-0.3, -0.25) is 9.59 Å². The molecule has 0 saturated carbocycles. The Morgan fingerprint density at radius 3 is 2.68 bits per heavy atom. The standard InChI is InChI=1S/C14H19NO4/c1-4-19-13(17)8-9-15(3)14(18)11-6-5-7-12(16)10(11)2/h5-7,16H,4,8-9H2,1-3H3. The van der Waals surface area contributed by atoms with Gasteiger partial charge in [-0.2, -0.15) is 0 Å². The third-order valence-electron chi connectivity index (χ3n) is 2.84. The van der Waals surface area contributed by atoms with Crippen molar-refractivity contribution in [3.05, 3.63) is 29.3 Å². The van der Waals surface area contributed by atoms with Crippen LogP contribution >= 0.6 is 0 Å². The highest BCUT2D eigenvalue weighted by Gasteiger charge is 2.16. The monoisotopic (exact) mass is 265 g/mol. The Kier molecular flexibility index (Phi) is 5.36. The molecule has 19 heavy (non-hydrogen) atoms. The molecule has 1 rings (SSSR count). The molecular weight excluding hydrogens is 246 g/mol. The summed E-state index contributed by atoms with van der Waals surface area (Å²) in [4.78, 5) is 24.8. The fourth-order valence-corrected chi connectivity index (χ4v) is 1.65. The maximum absolute atomic E-state index is 12.2. The third kappa shape index (κ3) is 3.98. The fraction of sp³-hybridized carbons (Fsp3) is 0.429. The van der Waals surface area contributed by atoms with Gasteiger partial charge in [-0.1, -0.05) is 6.07 Å². The number of phenolic OH excluding ortho intramolecular Hbond substituents is 1. The summed E-state index contributed by atoms with van der Waals surface area (Å²) >= 11 is 0. The van der Waals surface area contributed by atoms with Crippen LogP contribution in [0.3, 0.4) is 0 Å². The summed E-state index contributed by atoms with van der Waals surface area (Å²) in [5.41, 5.74) is 0.974. The minimum absolute atomic E-state index is 0.0876. The molecule has 0 atom stereocenters. The molecule has 0 aromatic heterocycles. The number of rotatable bonds is 5. The highest BCUT2D eigenvalue weighted by atomic mass is 16.5. The van der Waals surface area contributed by atoms with Crippen LogP contribution in [-0.4, -0.2) is 42.1 Å². The van der Waals surface area contributed by atoms with Gasteiger partial charge in [0.05, 0.1) is 13.0 Å². The number of ether oxygens (including phenoxy) is 1. The smallest absolute Gasteiger partial charge is 0.307 e. The summed E-state index contributed by atoms with van der Waals surface area (Å²) < 4.78 is 4.80. The minimum atomic E-state index is -0.324. The summed E-state index contributed by atoms with van der Waals surface area (Å²) in [6, 6.07) is 4.80. The number of amides is 1. The second-order valence-electron chi connectivity index (χ2n) is 4.23. The Hall–Kier alpha value is -2.04. The lowest BCUT2D eigenvalue weighted by Crippen LogP contribution is -2.29. The average molecular weight is 265 g/mol. The first-order valence-electron chi connectivity index (χ1n) is 6.17. The number of hydrogen-bond donors (Lipinski definition) is 1. The highest BCUT2D eigenvalue weighted by molar-refractivity contribution is 5.96. The molecule has 1 aromatic rings. The van der Waals surface area contributed by atoms with E-state index < -0.39 is 0 Å². The van der Waals surface area contributed by atoms with E-state index in [0.29, 0.717) is 17.7 Å². The SMILES string of the molecule is CCOC(=O)CCN(C)C(=O)c1cccc(O)c1C. The van der Waals surface area contributed by atoms with Crippen LogP contribution in [0.1, 0.15) is 29.3 Å². The Labute approximate surface area is 112 Å². The molecule has 1 aromatic carbocycles. The first-order chi connectivity index (χ1) is 8.97. The lowest BCUT2D eigenvalue weighted by Gasteiger charge is -2.18. The van der Waals surface area contributed by atoms with Crippen LogP contribution in [0.5, 0.6) is 5.75 Å². The molecule has 0 aliphatic rings. The van der Waals surface area contributed by atoms with Crippen molar-refractivity contribution in [3.8, 4) is 5.75 Å². The Bertz CT molecular complexity index is 471. The van der Waals surface area contributed by atoms with E-state index in [9.17, 15) is 14.7 Å². The second kappa shape index (κ2) is 6.78. The van der Waals surface area contributed by atoms with Crippen LogP contribution in [0.4, 0.5) is 0 Å². The van der Waals surface area contributed by atoms with Crippen LogP contribution in [0, 0.1) is 6.92 Å². The van der Waals surface area contributed by atoms with Gasteiger partial charge in [0, 0.05) is 24.7 Å². The minimum Gasteiger partial charge on any atom is -0.508 e. The number of benzene rings is 1. The normalized spacial score (nSPS) is 10.1. The third-order valence-corrected chi connectivity index (χ3v) is 2.84. The van der Waals surface area contributed by atoms with E-state index in [0.717, 1.165) is 0 Å². The number of aromatic hydroxyl groups is 1. The van der Waals surface area contributed by atoms with Gasteiger partial charge in [-0.15, -0.1) is 0 Å². The number of carbonyl (C=O) groups is 2. The van der Waals surface area contributed by atoms with Crippen molar-refractivity contribution in [2.45, 2.75) is 20.3 Å². The molecule has 5 heteroatoms. The molecule has 5 nitrogen and oxygen atoms in total. The molecule has 0 aliphatic carbocycles. The van der Waals surface area contributed by atoms with Gasteiger partial charge in [0.1, 0.15) is 5.75 Å². The van der Waals surface area contributed by atoms with Gasteiger partial charge >= 0.3 is 5.97 Å². The Morgan fingerprint density at radius 2 is 2.05 bits per heavy atom. The fourth-order valence-electron chi connectivity index (χ4n) is 1.65. The number of phenols is 1. The molecule has 1 N–H and O–H groups in total. The zero-order valence-electron chi connectivity index (χ0n) is 11.5. The van der Waals surface area contributed by atoms with E-state index in [1.807, 2.05) is 0 Å². The van der Waals surface area contributed by atoms with Crippen LogP contribution in [0.25, 0.3) is 0 Å². The summed E-state index contributed by atoms with van der Waals surface area (Å²) in [5.74, 6) is -0.461. The predicted octanol–water partition coefficient (Wildman–Crippen LogP) is 1.73. The first kappa shape index (κ1) is 15.0. The zero-order chi connectivity index (χ0) is 14.4. The van der Waals surface area contributed by atoms with Gasteiger partial charge in [-0.25, -0.2) is 0 Å². The highest BCUT2D eigenvalue weighted by Crippen LogP contribution is 2.20. The van der Waals surface area contributed by atoms with Gasteiger partial charge in [-0.05, 0) is 26.0 Å². The van der Waals surface area contributed by atoms with Gasteiger partial charge in [0.15, 0.2) is 0 Å². The molecule has 1 amide bonds. The molecule has 0 saturated heterocycles. The summed E-state index contributed by atoms with van der Waals surface area (Å²) in [6.45, 7) is 4.04. The van der Waals surface area contributed by atoms with E-state index in [2.05, 4.69) is 0 Å². The lowest BCUT2D eigenvalue weighted by atomic mass is 10.1. The van der Waals surface area contributed by atoms with Gasteiger partial charge in [0.2, 0.25) is 0 Å². The van der Waals surface area contributed by atoms with Crippen molar-refractivity contribution in [3.63, 3.8) is 0 Å².